The zero-order valence-corrected chi connectivity index (χ0v) is 17.3. The van der Waals surface area contributed by atoms with Crippen LogP contribution in [-0.2, 0) is 22.7 Å². The van der Waals surface area contributed by atoms with Gasteiger partial charge in [0.15, 0.2) is 6.61 Å². The van der Waals surface area contributed by atoms with E-state index in [9.17, 15) is 9.59 Å². The summed E-state index contributed by atoms with van der Waals surface area (Å²) >= 11 is 0. The molecule has 0 atom stereocenters. The number of carbonyl (C=O) groups excluding carboxylic acids is 2. The molecular weight excluding hydrogens is 378 g/mol. The number of hydrogen-bond acceptors (Lipinski definition) is 4. The smallest absolute Gasteiger partial charge is 0.265 e. The second-order valence-corrected chi connectivity index (χ2v) is 7.98. The van der Waals surface area contributed by atoms with E-state index in [0.29, 0.717) is 18.8 Å². The van der Waals surface area contributed by atoms with Gasteiger partial charge in [-0.3, -0.25) is 14.5 Å². The summed E-state index contributed by atoms with van der Waals surface area (Å²) in [7, 11) is 0. The third kappa shape index (κ3) is 5.19. The summed E-state index contributed by atoms with van der Waals surface area (Å²) in [5.74, 6) is 0.497. The van der Waals surface area contributed by atoms with Crippen LogP contribution in [0.3, 0.4) is 0 Å². The lowest BCUT2D eigenvalue weighted by Crippen LogP contribution is -2.41. The Morgan fingerprint density at radius 2 is 1.70 bits per heavy atom. The quantitative estimate of drug-likeness (QED) is 0.766. The van der Waals surface area contributed by atoms with Gasteiger partial charge in [-0.25, -0.2) is 0 Å². The van der Waals surface area contributed by atoms with Crippen molar-refractivity contribution in [1.29, 1.82) is 0 Å². The van der Waals surface area contributed by atoms with E-state index in [1.165, 1.54) is 37.9 Å². The summed E-state index contributed by atoms with van der Waals surface area (Å²) in [6.45, 7) is 4.24. The highest BCUT2D eigenvalue weighted by Gasteiger charge is 2.25. The van der Waals surface area contributed by atoms with Crippen molar-refractivity contribution >= 4 is 17.5 Å². The molecule has 30 heavy (non-hydrogen) atoms. The summed E-state index contributed by atoms with van der Waals surface area (Å²) < 4.78 is 5.44. The second-order valence-electron chi connectivity index (χ2n) is 7.98. The number of benzene rings is 2. The third-order valence-corrected chi connectivity index (χ3v) is 5.74. The minimum absolute atomic E-state index is 0.0163. The van der Waals surface area contributed by atoms with Crippen LogP contribution in [0.1, 0.15) is 36.8 Å². The monoisotopic (exact) mass is 407 g/mol. The van der Waals surface area contributed by atoms with E-state index in [2.05, 4.69) is 34.5 Å². The van der Waals surface area contributed by atoms with Crippen molar-refractivity contribution in [1.82, 2.24) is 10.2 Å². The molecular formula is C24H29N3O3. The van der Waals surface area contributed by atoms with Gasteiger partial charge in [-0.05, 0) is 49.2 Å². The number of nitrogens with one attached hydrogen (secondary N) is 1. The van der Waals surface area contributed by atoms with Gasteiger partial charge in [0.2, 0.25) is 5.91 Å². The van der Waals surface area contributed by atoms with Gasteiger partial charge in [0.05, 0.1) is 5.69 Å². The Hall–Kier alpha value is -2.86. The Morgan fingerprint density at radius 1 is 0.967 bits per heavy atom. The maximum absolute atomic E-state index is 12.3. The molecule has 0 saturated carbocycles. The van der Waals surface area contributed by atoms with E-state index >= 15 is 0 Å². The Labute approximate surface area is 177 Å². The van der Waals surface area contributed by atoms with Crippen molar-refractivity contribution in [3.63, 3.8) is 0 Å². The third-order valence-electron chi connectivity index (χ3n) is 5.74. The highest BCUT2D eigenvalue weighted by atomic mass is 16.5. The van der Waals surface area contributed by atoms with Crippen LogP contribution in [0.15, 0.2) is 48.5 Å². The number of amides is 2. The maximum atomic E-state index is 12.3. The fourth-order valence-corrected chi connectivity index (χ4v) is 4.04. The molecule has 2 amide bonds. The molecule has 0 unspecified atom stereocenters. The summed E-state index contributed by atoms with van der Waals surface area (Å²) in [6.07, 6.45) is 4.20. The van der Waals surface area contributed by atoms with Gasteiger partial charge in [0.1, 0.15) is 5.75 Å². The number of likely N-dealkylation sites (tertiary alicyclic amines) is 1. The summed E-state index contributed by atoms with van der Waals surface area (Å²) in [5, 5.41) is 2.96. The van der Waals surface area contributed by atoms with E-state index in [4.69, 9.17) is 4.74 Å². The molecule has 158 valence electrons. The van der Waals surface area contributed by atoms with Crippen LogP contribution in [0.5, 0.6) is 5.75 Å². The average molecular weight is 408 g/mol. The van der Waals surface area contributed by atoms with E-state index in [1.54, 1.807) is 4.90 Å². The van der Waals surface area contributed by atoms with Crippen molar-refractivity contribution in [2.24, 2.45) is 0 Å². The zero-order chi connectivity index (χ0) is 20.8. The number of nitrogens with zero attached hydrogens (tertiary/aromatic N) is 2. The highest BCUT2D eigenvalue weighted by molar-refractivity contribution is 5.98. The average Bonchev–Trinajstić information content (AvgIpc) is 2.78. The number of carbonyl (C=O) groups is 2. The van der Waals surface area contributed by atoms with Gasteiger partial charge < -0.3 is 15.0 Å². The molecule has 0 spiro atoms. The first-order valence-corrected chi connectivity index (χ1v) is 10.8. The highest BCUT2D eigenvalue weighted by Crippen LogP contribution is 2.31. The lowest BCUT2D eigenvalue weighted by molar-refractivity contribution is -0.122. The number of anilines is 1. The fourth-order valence-electron chi connectivity index (χ4n) is 4.04. The number of hydrogen-bond donors (Lipinski definition) is 1. The van der Waals surface area contributed by atoms with E-state index in [1.807, 2.05) is 24.3 Å². The first kappa shape index (κ1) is 20.4. The topological polar surface area (TPSA) is 61.9 Å². The van der Waals surface area contributed by atoms with Gasteiger partial charge in [0.25, 0.3) is 5.91 Å². The van der Waals surface area contributed by atoms with E-state index in [0.717, 1.165) is 17.8 Å². The van der Waals surface area contributed by atoms with E-state index in [-0.39, 0.29) is 24.8 Å². The summed E-state index contributed by atoms with van der Waals surface area (Å²) in [6, 6.07) is 15.9. The van der Waals surface area contributed by atoms with Crippen LogP contribution in [-0.4, -0.2) is 43.0 Å². The largest absolute Gasteiger partial charge is 0.482 e. The normalized spacial score (nSPS) is 16.7. The number of para-hydroxylation sites is 2. The minimum Gasteiger partial charge on any atom is -0.482 e. The molecule has 2 aliphatic rings. The first-order valence-electron chi connectivity index (χ1n) is 10.8. The van der Waals surface area contributed by atoms with Crippen molar-refractivity contribution in [2.75, 3.05) is 31.1 Å². The van der Waals surface area contributed by atoms with Crippen LogP contribution in [0.4, 0.5) is 5.69 Å². The van der Waals surface area contributed by atoms with Crippen LogP contribution in [0.25, 0.3) is 0 Å². The molecule has 4 rings (SSSR count). The Kier molecular flexibility index (Phi) is 6.64. The number of piperidine rings is 1. The molecule has 0 aliphatic carbocycles. The fraction of sp³-hybridized carbons (Fsp3) is 0.417. The molecule has 2 aliphatic heterocycles. The lowest BCUT2D eigenvalue weighted by atomic mass is 10.1. The van der Waals surface area contributed by atoms with Crippen LogP contribution >= 0.6 is 0 Å². The Morgan fingerprint density at radius 3 is 2.50 bits per heavy atom. The van der Waals surface area contributed by atoms with Gasteiger partial charge >= 0.3 is 0 Å². The minimum atomic E-state index is -0.120. The molecule has 1 N–H and O–H groups in total. The molecule has 6 nitrogen and oxygen atoms in total. The standard InChI is InChI=1S/C24H29N3O3/c28-23(12-15-27-21-6-2-3-7-22(21)30-18-24(27)29)25-16-19-8-10-20(11-9-19)17-26-13-4-1-5-14-26/h2-3,6-11H,1,4-5,12-18H2,(H,25,28). The van der Waals surface area contributed by atoms with Crippen LogP contribution in [0.2, 0.25) is 0 Å². The second kappa shape index (κ2) is 9.76. The predicted molar refractivity (Wildman–Crippen MR) is 116 cm³/mol. The SMILES string of the molecule is O=C(CCN1C(=O)COc2ccccc21)NCc1ccc(CN2CCCCC2)cc1. The van der Waals surface area contributed by atoms with Crippen molar-refractivity contribution < 1.29 is 14.3 Å². The van der Waals surface area contributed by atoms with Crippen molar-refractivity contribution in [3.8, 4) is 5.75 Å². The van der Waals surface area contributed by atoms with Gasteiger partial charge in [-0.2, -0.15) is 0 Å². The molecule has 0 bridgehead atoms. The van der Waals surface area contributed by atoms with Gasteiger partial charge in [0, 0.05) is 26.1 Å². The van der Waals surface area contributed by atoms with Crippen molar-refractivity contribution in [2.45, 2.75) is 38.8 Å². The summed E-state index contributed by atoms with van der Waals surface area (Å²) in [4.78, 5) is 28.6. The van der Waals surface area contributed by atoms with Gasteiger partial charge in [-0.15, -0.1) is 0 Å². The number of ether oxygens (including phenoxy) is 1. The number of fused-ring (bicyclic) bond motifs is 1. The summed E-state index contributed by atoms with van der Waals surface area (Å²) in [5.41, 5.74) is 3.13. The molecule has 6 heteroatoms. The molecule has 2 heterocycles. The maximum Gasteiger partial charge on any atom is 0.265 e. The Balaban J connectivity index is 1.23. The molecule has 1 saturated heterocycles. The van der Waals surface area contributed by atoms with E-state index < -0.39 is 0 Å². The number of rotatable bonds is 7. The lowest BCUT2D eigenvalue weighted by Gasteiger charge is -2.29. The molecule has 0 radical (unpaired) electrons. The zero-order valence-electron chi connectivity index (χ0n) is 17.3. The Bertz CT molecular complexity index is 876. The van der Waals surface area contributed by atoms with Crippen molar-refractivity contribution in [3.05, 3.63) is 59.7 Å². The first-order chi connectivity index (χ1) is 14.7. The molecule has 1 fully saturated rings. The van der Waals surface area contributed by atoms with Crippen LogP contribution in [0, 0.1) is 0 Å². The van der Waals surface area contributed by atoms with Crippen LogP contribution < -0.4 is 15.0 Å². The van der Waals surface area contributed by atoms with Gasteiger partial charge in [-0.1, -0.05) is 42.8 Å². The molecule has 2 aromatic rings. The molecule has 0 aromatic heterocycles. The molecule has 2 aromatic carbocycles. The predicted octanol–water partition coefficient (Wildman–Crippen LogP) is 3.10.